The number of carboxylic acids is 1. The third-order valence-corrected chi connectivity index (χ3v) is 1.11. The number of hydrogen-bond donors (Lipinski definition) is 1. The molecule has 4 heteroatoms. The van der Waals surface area contributed by atoms with Crippen molar-refractivity contribution < 1.29 is 67.4 Å². The van der Waals surface area contributed by atoms with Crippen molar-refractivity contribution in [3.8, 4) is 5.75 Å². The molecule has 0 fully saturated rings. The summed E-state index contributed by atoms with van der Waals surface area (Å²) in [7, 11) is 0. The molecule has 1 N–H and O–H groups in total. The number of carboxylic acid groups (broad SMARTS) is 1. The molecule has 0 spiro atoms. The van der Waals surface area contributed by atoms with Gasteiger partial charge in [0.1, 0.15) is 5.75 Å². The van der Waals surface area contributed by atoms with Crippen LogP contribution in [0, 0.1) is 0 Å². The van der Waals surface area contributed by atoms with Gasteiger partial charge in [0.25, 0.3) is 0 Å². The Hall–Kier alpha value is 0.126. The van der Waals surface area contributed by atoms with Crippen molar-refractivity contribution in [3.63, 3.8) is 0 Å². The molecule has 12 heavy (non-hydrogen) atoms. The number of ether oxygens (including phenoxy) is 1. The number of para-hydroxylation sites is 1. The maximum absolute atomic E-state index is 10.0. The molecule has 0 saturated heterocycles. The summed E-state index contributed by atoms with van der Waals surface area (Å²) >= 11 is 0. The van der Waals surface area contributed by atoms with Gasteiger partial charge in [0.2, 0.25) is 0 Å². The standard InChI is InChI=1S/C8H8O3.K.H/c9-8(10)6-11-7-4-2-1-3-5-7;;/h1-5H,6H2,(H,9,10);;/q;+1;-1. The molecule has 0 atom stereocenters. The van der Waals surface area contributed by atoms with E-state index in [2.05, 4.69) is 0 Å². The molecule has 0 aliphatic rings. The van der Waals surface area contributed by atoms with Gasteiger partial charge < -0.3 is 11.3 Å². The van der Waals surface area contributed by atoms with Crippen molar-refractivity contribution in [1.82, 2.24) is 0 Å². The number of hydrogen-bond acceptors (Lipinski definition) is 2. The third kappa shape index (κ3) is 4.90. The second-order valence-electron chi connectivity index (χ2n) is 2.00. The molecular formula is C8H9KO3. The number of aliphatic carboxylic acids is 1. The summed E-state index contributed by atoms with van der Waals surface area (Å²) in [5.74, 6) is -0.385. The largest absolute Gasteiger partial charge is 1.00 e. The van der Waals surface area contributed by atoms with Crippen LogP contribution in [0.3, 0.4) is 0 Å². The summed E-state index contributed by atoms with van der Waals surface area (Å²) in [4.78, 5) is 10.0. The summed E-state index contributed by atoms with van der Waals surface area (Å²) < 4.78 is 4.87. The van der Waals surface area contributed by atoms with Crippen molar-refractivity contribution in [1.29, 1.82) is 0 Å². The van der Waals surface area contributed by atoms with Crippen molar-refractivity contribution in [2.45, 2.75) is 0 Å². The van der Waals surface area contributed by atoms with Crippen LogP contribution in [0.15, 0.2) is 30.3 Å². The van der Waals surface area contributed by atoms with Gasteiger partial charge in [-0.15, -0.1) is 0 Å². The van der Waals surface area contributed by atoms with Gasteiger partial charge in [-0.2, -0.15) is 0 Å². The van der Waals surface area contributed by atoms with E-state index in [1.807, 2.05) is 6.07 Å². The van der Waals surface area contributed by atoms with Crippen LogP contribution in [-0.4, -0.2) is 17.7 Å². The van der Waals surface area contributed by atoms with Crippen LogP contribution >= 0.6 is 0 Å². The molecule has 0 amide bonds. The Morgan fingerprint density at radius 3 is 2.50 bits per heavy atom. The predicted molar refractivity (Wildman–Crippen MR) is 40.7 cm³/mol. The molecule has 1 rings (SSSR count). The van der Waals surface area contributed by atoms with Crippen LogP contribution in [0.2, 0.25) is 0 Å². The Morgan fingerprint density at radius 2 is 2.00 bits per heavy atom. The van der Waals surface area contributed by atoms with Gasteiger partial charge in [-0.25, -0.2) is 4.79 Å². The van der Waals surface area contributed by atoms with Gasteiger partial charge in [0.15, 0.2) is 6.61 Å². The van der Waals surface area contributed by atoms with Gasteiger partial charge in [-0.05, 0) is 12.1 Å². The minimum Gasteiger partial charge on any atom is -1.00 e. The number of rotatable bonds is 3. The summed E-state index contributed by atoms with van der Waals surface area (Å²) in [5, 5.41) is 8.25. The summed E-state index contributed by atoms with van der Waals surface area (Å²) in [6.45, 7) is -0.288. The maximum atomic E-state index is 10.0. The smallest absolute Gasteiger partial charge is 1.00 e. The zero-order valence-electron chi connectivity index (χ0n) is 7.86. The fraction of sp³-hybridized carbons (Fsp3) is 0.125. The summed E-state index contributed by atoms with van der Waals surface area (Å²) in [6.07, 6.45) is 0. The zero-order valence-corrected chi connectivity index (χ0v) is 9.98. The van der Waals surface area contributed by atoms with Gasteiger partial charge in [-0.1, -0.05) is 18.2 Å². The van der Waals surface area contributed by atoms with Crippen LogP contribution in [0.5, 0.6) is 5.75 Å². The minimum absolute atomic E-state index is 0. The van der Waals surface area contributed by atoms with E-state index >= 15 is 0 Å². The third-order valence-electron chi connectivity index (χ3n) is 1.11. The van der Waals surface area contributed by atoms with Crippen LogP contribution in [-0.2, 0) is 4.79 Å². The van der Waals surface area contributed by atoms with Gasteiger partial charge in [0, 0.05) is 0 Å². The molecular weight excluding hydrogens is 183 g/mol. The van der Waals surface area contributed by atoms with Gasteiger partial charge >= 0.3 is 57.4 Å². The second-order valence-corrected chi connectivity index (χ2v) is 2.00. The van der Waals surface area contributed by atoms with Crippen LogP contribution in [0.4, 0.5) is 0 Å². The molecule has 60 valence electrons. The number of benzene rings is 1. The van der Waals surface area contributed by atoms with Crippen molar-refractivity contribution in [2.24, 2.45) is 0 Å². The van der Waals surface area contributed by atoms with E-state index in [4.69, 9.17) is 9.84 Å². The first-order chi connectivity index (χ1) is 5.29. The van der Waals surface area contributed by atoms with E-state index in [1.165, 1.54) is 0 Å². The monoisotopic (exact) mass is 192 g/mol. The molecule has 0 heterocycles. The second kappa shape index (κ2) is 6.62. The molecule has 0 aromatic heterocycles. The van der Waals surface area contributed by atoms with Crippen molar-refractivity contribution in [3.05, 3.63) is 30.3 Å². The topological polar surface area (TPSA) is 46.5 Å². The number of carbonyl (C=O) groups is 1. The van der Waals surface area contributed by atoms with Crippen molar-refractivity contribution >= 4 is 5.97 Å². The summed E-state index contributed by atoms with van der Waals surface area (Å²) in [5.41, 5.74) is 0. The molecule has 0 unspecified atom stereocenters. The van der Waals surface area contributed by atoms with Crippen molar-refractivity contribution in [2.75, 3.05) is 6.61 Å². The average molecular weight is 192 g/mol. The molecule has 0 saturated carbocycles. The first kappa shape index (κ1) is 12.1. The molecule has 1 aromatic rings. The Labute approximate surface area is 115 Å². The molecule has 0 aliphatic carbocycles. The molecule has 1 aromatic carbocycles. The van der Waals surface area contributed by atoms with E-state index in [1.54, 1.807) is 24.3 Å². The van der Waals surface area contributed by atoms with Crippen LogP contribution in [0.25, 0.3) is 0 Å². The molecule has 0 bridgehead atoms. The fourth-order valence-electron chi connectivity index (χ4n) is 0.662. The SMILES string of the molecule is O=C(O)COc1ccccc1.[H-].[K+]. The first-order valence-electron chi connectivity index (χ1n) is 3.18. The van der Waals surface area contributed by atoms with E-state index in [0.29, 0.717) is 5.75 Å². The van der Waals surface area contributed by atoms with E-state index in [9.17, 15) is 4.79 Å². The van der Waals surface area contributed by atoms with E-state index in [0.717, 1.165) is 0 Å². The predicted octanol–water partition coefficient (Wildman–Crippen LogP) is -1.73. The zero-order chi connectivity index (χ0) is 8.10. The van der Waals surface area contributed by atoms with Crippen LogP contribution < -0.4 is 56.1 Å². The average Bonchev–Trinajstić information content (AvgIpc) is 2.03. The Morgan fingerprint density at radius 1 is 1.42 bits per heavy atom. The fourth-order valence-corrected chi connectivity index (χ4v) is 0.662. The first-order valence-corrected chi connectivity index (χ1v) is 3.18. The van der Waals surface area contributed by atoms with E-state index < -0.39 is 5.97 Å². The van der Waals surface area contributed by atoms with E-state index in [-0.39, 0.29) is 59.4 Å². The summed E-state index contributed by atoms with van der Waals surface area (Å²) in [6, 6.07) is 8.84. The quantitative estimate of drug-likeness (QED) is 0.579. The van der Waals surface area contributed by atoms with Gasteiger partial charge in [0.05, 0.1) is 0 Å². The minimum atomic E-state index is -0.964. The van der Waals surface area contributed by atoms with Gasteiger partial charge in [-0.3, -0.25) is 0 Å². The maximum Gasteiger partial charge on any atom is 1.00 e. The Kier molecular flexibility index (Phi) is 6.69. The Bertz CT molecular complexity index is 240. The Balaban J connectivity index is 0. The molecule has 3 nitrogen and oxygen atoms in total. The normalized spacial score (nSPS) is 8.33. The molecule has 0 aliphatic heterocycles. The molecule has 0 radical (unpaired) electrons. The van der Waals surface area contributed by atoms with Crippen LogP contribution in [0.1, 0.15) is 1.43 Å².